The van der Waals surface area contributed by atoms with Crippen molar-refractivity contribution in [2.24, 2.45) is 0 Å². The molecule has 0 spiro atoms. The van der Waals surface area contributed by atoms with Gasteiger partial charge in [0.1, 0.15) is 0 Å². The van der Waals surface area contributed by atoms with Gasteiger partial charge in [0.05, 0.1) is 4.90 Å². The van der Waals surface area contributed by atoms with Crippen molar-refractivity contribution in [1.82, 2.24) is 4.72 Å². The summed E-state index contributed by atoms with van der Waals surface area (Å²) < 4.78 is 27.1. The van der Waals surface area contributed by atoms with Crippen LogP contribution in [-0.2, 0) is 16.4 Å². The second-order valence-corrected chi connectivity index (χ2v) is 7.68. The van der Waals surface area contributed by atoms with Crippen molar-refractivity contribution in [3.8, 4) is 0 Å². The third kappa shape index (κ3) is 7.41. The van der Waals surface area contributed by atoms with Gasteiger partial charge in [0.2, 0.25) is 10.0 Å². The van der Waals surface area contributed by atoms with Gasteiger partial charge < -0.3 is 0 Å². The van der Waals surface area contributed by atoms with Crippen LogP contribution in [0.2, 0.25) is 0 Å². The number of unbranched alkanes of at least 4 members (excludes halogenated alkanes) is 6. The quantitative estimate of drug-likeness (QED) is 0.568. The van der Waals surface area contributed by atoms with Gasteiger partial charge in [0.25, 0.3) is 0 Å². The first-order chi connectivity index (χ1) is 10.6. The smallest absolute Gasteiger partial charge is 0.211 e. The highest BCUT2D eigenvalue weighted by Crippen LogP contribution is 2.12. The molecule has 0 aliphatic heterocycles. The first kappa shape index (κ1) is 19.2. The zero-order chi connectivity index (χ0) is 16.3. The van der Waals surface area contributed by atoms with Crippen molar-refractivity contribution >= 4 is 10.0 Å². The molecule has 0 aliphatic rings. The Balaban J connectivity index is 2.36. The van der Waals surface area contributed by atoms with Crippen LogP contribution in [0.5, 0.6) is 0 Å². The average Bonchev–Trinajstić information content (AvgIpc) is 2.52. The van der Waals surface area contributed by atoms with Crippen LogP contribution in [-0.4, -0.2) is 15.0 Å². The van der Waals surface area contributed by atoms with Gasteiger partial charge in [-0.25, -0.2) is 13.1 Å². The van der Waals surface area contributed by atoms with Crippen LogP contribution < -0.4 is 4.72 Å². The summed E-state index contributed by atoms with van der Waals surface area (Å²) in [6.45, 7) is 4.89. The number of hydrogen-bond acceptors (Lipinski definition) is 2. The van der Waals surface area contributed by atoms with Crippen LogP contribution in [0.3, 0.4) is 0 Å². The summed E-state index contributed by atoms with van der Waals surface area (Å²) in [5, 5.41) is 0. The van der Waals surface area contributed by atoms with E-state index in [1.165, 1.54) is 31.2 Å². The summed E-state index contributed by atoms with van der Waals surface area (Å²) in [5.74, 6) is 0. The fourth-order valence-electron chi connectivity index (χ4n) is 2.41. The molecular weight excluding hydrogens is 294 g/mol. The van der Waals surface area contributed by atoms with Crippen molar-refractivity contribution in [1.29, 1.82) is 0 Å². The standard InChI is InChI=1S/C18H31NO2S/c1-3-5-7-8-9-10-16-19-22(20,21)18-14-12-17(13-15-18)11-6-4-2/h12-15,19H,3-11,16H2,1-2H3. The number of rotatable bonds is 12. The Kier molecular flexibility index (Phi) is 9.41. The summed E-state index contributed by atoms with van der Waals surface area (Å²) in [7, 11) is -3.34. The maximum atomic E-state index is 12.2. The van der Waals surface area contributed by atoms with Gasteiger partial charge >= 0.3 is 0 Å². The second kappa shape index (κ2) is 10.8. The summed E-state index contributed by atoms with van der Waals surface area (Å²) in [6.07, 6.45) is 10.3. The van der Waals surface area contributed by atoms with E-state index in [0.29, 0.717) is 11.4 Å². The number of nitrogens with one attached hydrogen (secondary N) is 1. The lowest BCUT2D eigenvalue weighted by Crippen LogP contribution is -2.24. The Morgan fingerprint density at radius 2 is 1.41 bits per heavy atom. The number of sulfonamides is 1. The maximum absolute atomic E-state index is 12.2. The van der Waals surface area contributed by atoms with Gasteiger partial charge in [0, 0.05) is 6.54 Å². The Hall–Kier alpha value is -0.870. The molecule has 0 saturated heterocycles. The van der Waals surface area contributed by atoms with Crippen LogP contribution in [0, 0.1) is 0 Å². The zero-order valence-electron chi connectivity index (χ0n) is 14.1. The molecule has 1 aromatic rings. The van der Waals surface area contributed by atoms with E-state index < -0.39 is 10.0 Å². The molecule has 126 valence electrons. The SMILES string of the molecule is CCCCCCCCNS(=O)(=O)c1ccc(CCCC)cc1. The predicted octanol–water partition coefficient (Wildman–Crippen LogP) is 4.67. The molecule has 1 rings (SSSR count). The molecule has 1 aromatic carbocycles. The second-order valence-electron chi connectivity index (χ2n) is 5.91. The summed E-state index contributed by atoms with van der Waals surface area (Å²) >= 11 is 0. The molecule has 4 heteroatoms. The molecule has 0 aliphatic carbocycles. The lowest BCUT2D eigenvalue weighted by molar-refractivity contribution is 0.567. The van der Waals surface area contributed by atoms with Crippen LogP contribution in [0.25, 0.3) is 0 Å². The summed E-state index contributed by atoms with van der Waals surface area (Å²) in [6, 6.07) is 7.28. The largest absolute Gasteiger partial charge is 0.240 e. The Bertz CT molecular complexity index is 494. The van der Waals surface area contributed by atoms with Crippen molar-refractivity contribution in [2.75, 3.05) is 6.54 Å². The highest BCUT2D eigenvalue weighted by Gasteiger charge is 2.12. The van der Waals surface area contributed by atoms with E-state index in [4.69, 9.17) is 0 Å². The molecule has 0 atom stereocenters. The summed E-state index contributed by atoms with van der Waals surface area (Å²) in [4.78, 5) is 0.374. The lowest BCUT2D eigenvalue weighted by atomic mass is 10.1. The monoisotopic (exact) mass is 325 g/mol. The fraction of sp³-hybridized carbons (Fsp3) is 0.667. The van der Waals surface area contributed by atoms with Crippen LogP contribution in [0.1, 0.15) is 70.8 Å². The lowest BCUT2D eigenvalue weighted by Gasteiger charge is -2.08. The van der Waals surface area contributed by atoms with Gasteiger partial charge in [-0.15, -0.1) is 0 Å². The molecule has 0 heterocycles. The minimum Gasteiger partial charge on any atom is -0.211 e. The topological polar surface area (TPSA) is 46.2 Å². The molecule has 0 aromatic heterocycles. The number of aryl methyl sites for hydroxylation is 1. The van der Waals surface area contributed by atoms with Crippen LogP contribution in [0.15, 0.2) is 29.2 Å². The molecule has 0 saturated carbocycles. The third-order valence-electron chi connectivity index (χ3n) is 3.88. The average molecular weight is 326 g/mol. The predicted molar refractivity (Wildman–Crippen MR) is 93.6 cm³/mol. The van der Waals surface area contributed by atoms with E-state index in [2.05, 4.69) is 18.6 Å². The normalized spacial score (nSPS) is 11.7. The van der Waals surface area contributed by atoms with Gasteiger partial charge in [-0.3, -0.25) is 0 Å². The molecule has 0 radical (unpaired) electrons. The highest BCUT2D eigenvalue weighted by molar-refractivity contribution is 7.89. The van der Waals surface area contributed by atoms with Crippen molar-refractivity contribution in [2.45, 2.75) is 76.5 Å². The molecule has 3 nitrogen and oxygen atoms in total. The van der Waals surface area contributed by atoms with Gasteiger partial charge in [-0.2, -0.15) is 0 Å². The van der Waals surface area contributed by atoms with Crippen molar-refractivity contribution < 1.29 is 8.42 Å². The Morgan fingerprint density at radius 3 is 2.05 bits per heavy atom. The van der Waals surface area contributed by atoms with Crippen molar-refractivity contribution in [3.05, 3.63) is 29.8 Å². The van der Waals surface area contributed by atoms with Gasteiger partial charge in [-0.05, 0) is 37.0 Å². The molecular formula is C18H31NO2S. The van der Waals surface area contributed by atoms with Crippen LogP contribution >= 0.6 is 0 Å². The van der Waals surface area contributed by atoms with Gasteiger partial charge in [-0.1, -0.05) is 64.5 Å². The van der Waals surface area contributed by atoms with Crippen LogP contribution in [0.4, 0.5) is 0 Å². The van der Waals surface area contributed by atoms with E-state index in [1.54, 1.807) is 12.1 Å². The number of benzene rings is 1. The first-order valence-electron chi connectivity index (χ1n) is 8.68. The highest BCUT2D eigenvalue weighted by atomic mass is 32.2. The van der Waals surface area contributed by atoms with Gasteiger partial charge in [0.15, 0.2) is 0 Å². The summed E-state index contributed by atoms with van der Waals surface area (Å²) in [5.41, 5.74) is 1.21. The van der Waals surface area contributed by atoms with E-state index in [0.717, 1.165) is 32.1 Å². The van der Waals surface area contributed by atoms with E-state index in [9.17, 15) is 8.42 Å². The van der Waals surface area contributed by atoms with E-state index in [-0.39, 0.29) is 0 Å². The fourth-order valence-corrected chi connectivity index (χ4v) is 3.49. The zero-order valence-corrected chi connectivity index (χ0v) is 14.9. The molecule has 0 unspecified atom stereocenters. The molecule has 22 heavy (non-hydrogen) atoms. The molecule has 0 bridgehead atoms. The van der Waals surface area contributed by atoms with Crippen molar-refractivity contribution in [3.63, 3.8) is 0 Å². The number of hydrogen-bond donors (Lipinski definition) is 1. The maximum Gasteiger partial charge on any atom is 0.240 e. The van der Waals surface area contributed by atoms with E-state index in [1.807, 2.05) is 12.1 Å². The molecule has 0 fully saturated rings. The first-order valence-corrected chi connectivity index (χ1v) is 10.2. The Labute approximate surface area is 136 Å². The molecule has 1 N–H and O–H groups in total. The minimum atomic E-state index is -3.34. The van der Waals surface area contributed by atoms with E-state index >= 15 is 0 Å². The Morgan fingerprint density at radius 1 is 0.818 bits per heavy atom. The third-order valence-corrected chi connectivity index (χ3v) is 5.35. The molecule has 0 amide bonds. The minimum absolute atomic E-state index is 0.374.